The number of hydrogen-bond acceptors (Lipinski definition) is 4. The van der Waals surface area contributed by atoms with Crippen LogP contribution >= 0.6 is 11.6 Å². The highest BCUT2D eigenvalue weighted by molar-refractivity contribution is 7.92. The molecule has 118 valence electrons. The van der Waals surface area contributed by atoms with Gasteiger partial charge in [0.2, 0.25) is 5.91 Å². The zero-order valence-corrected chi connectivity index (χ0v) is 13.3. The monoisotopic (exact) mass is 337 g/mol. The molecule has 0 bridgehead atoms. The minimum Gasteiger partial charge on any atom is -0.385 e. The lowest BCUT2D eigenvalue weighted by Gasteiger charge is -2.13. The van der Waals surface area contributed by atoms with E-state index in [1.807, 2.05) is 0 Å². The molecule has 0 saturated heterocycles. The van der Waals surface area contributed by atoms with Crippen molar-refractivity contribution >= 4 is 27.3 Å². The Kier molecular flexibility index (Phi) is 6.57. The highest BCUT2D eigenvalue weighted by atomic mass is 35.5. The van der Waals surface area contributed by atoms with E-state index < -0.39 is 26.8 Å². The molecule has 0 fully saturated rings. The van der Waals surface area contributed by atoms with Gasteiger partial charge in [0.05, 0.1) is 9.92 Å². The van der Waals surface area contributed by atoms with E-state index >= 15 is 0 Å². The van der Waals surface area contributed by atoms with Crippen molar-refractivity contribution in [1.82, 2.24) is 5.32 Å². The molecule has 1 unspecified atom stereocenters. The molecule has 1 aromatic rings. The Morgan fingerprint density at radius 2 is 2.14 bits per heavy atom. The van der Waals surface area contributed by atoms with Gasteiger partial charge in [0, 0.05) is 20.3 Å². The second kappa shape index (κ2) is 7.72. The molecular weight excluding hydrogens is 321 g/mol. The van der Waals surface area contributed by atoms with Crippen LogP contribution in [0.5, 0.6) is 0 Å². The van der Waals surface area contributed by atoms with Crippen molar-refractivity contribution in [3.63, 3.8) is 0 Å². The average molecular weight is 338 g/mol. The number of methoxy groups -OCH3 is 1. The van der Waals surface area contributed by atoms with Crippen molar-refractivity contribution < 1.29 is 22.3 Å². The number of sulfone groups is 1. The Bertz CT molecular complexity index is 606. The molecule has 1 rings (SSSR count). The van der Waals surface area contributed by atoms with Crippen molar-refractivity contribution in [1.29, 1.82) is 0 Å². The molecule has 1 atom stereocenters. The summed E-state index contributed by atoms with van der Waals surface area (Å²) in [5, 5.41) is 0.922. The molecule has 8 heteroatoms. The van der Waals surface area contributed by atoms with Gasteiger partial charge in [0.1, 0.15) is 11.1 Å². The van der Waals surface area contributed by atoms with Crippen molar-refractivity contribution in [2.75, 3.05) is 20.3 Å². The van der Waals surface area contributed by atoms with E-state index in [4.69, 9.17) is 16.3 Å². The van der Waals surface area contributed by atoms with Crippen molar-refractivity contribution in [2.24, 2.45) is 0 Å². The maximum absolute atomic E-state index is 13.1. The second-order valence-corrected chi connectivity index (χ2v) is 7.08. The van der Waals surface area contributed by atoms with E-state index in [0.29, 0.717) is 19.6 Å². The molecule has 1 N–H and O–H groups in total. The largest absolute Gasteiger partial charge is 0.385 e. The minimum atomic E-state index is -3.91. The number of hydrogen-bond donors (Lipinski definition) is 1. The van der Waals surface area contributed by atoms with Crippen LogP contribution in [0.15, 0.2) is 23.1 Å². The van der Waals surface area contributed by atoms with Gasteiger partial charge in [-0.15, -0.1) is 0 Å². The van der Waals surface area contributed by atoms with E-state index in [0.717, 1.165) is 18.2 Å². The van der Waals surface area contributed by atoms with Gasteiger partial charge in [-0.05, 0) is 31.5 Å². The van der Waals surface area contributed by atoms with Crippen molar-refractivity contribution in [3.05, 3.63) is 29.0 Å². The predicted molar refractivity (Wildman–Crippen MR) is 77.6 cm³/mol. The van der Waals surface area contributed by atoms with Gasteiger partial charge < -0.3 is 10.1 Å². The fourth-order valence-corrected chi connectivity index (χ4v) is 3.13. The molecule has 21 heavy (non-hydrogen) atoms. The van der Waals surface area contributed by atoms with Crippen LogP contribution in [0.2, 0.25) is 5.02 Å². The van der Waals surface area contributed by atoms with Crippen LogP contribution in [-0.4, -0.2) is 39.8 Å². The number of carbonyl (C=O) groups is 1. The van der Waals surface area contributed by atoms with E-state index in [9.17, 15) is 17.6 Å². The Labute approximate surface area is 128 Å². The molecule has 0 aliphatic heterocycles. The van der Waals surface area contributed by atoms with Gasteiger partial charge in [-0.2, -0.15) is 0 Å². The number of nitrogens with one attached hydrogen (secondary N) is 1. The van der Waals surface area contributed by atoms with E-state index in [-0.39, 0.29) is 9.92 Å². The van der Waals surface area contributed by atoms with Crippen LogP contribution in [0.3, 0.4) is 0 Å². The van der Waals surface area contributed by atoms with Gasteiger partial charge in [-0.3, -0.25) is 4.79 Å². The Morgan fingerprint density at radius 3 is 2.71 bits per heavy atom. The van der Waals surface area contributed by atoms with E-state index in [1.54, 1.807) is 0 Å². The van der Waals surface area contributed by atoms with Gasteiger partial charge in [-0.25, -0.2) is 12.8 Å². The number of carbonyl (C=O) groups excluding carboxylic acids is 1. The quantitative estimate of drug-likeness (QED) is 0.608. The SMILES string of the molecule is COCCCNC(=O)C(C)S(=O)(=O)c1ccc(F)c(Cl)c1. The summed E-state index contributed by atoms with van der Waals surface area (Å²) in [5.41, 5.74) is 0. The molecule has 0 aliphatic carbocycles. The Balaban J connectivity index is 2.81. The van der Waals surface area contributed by atoms with Gasteiger partial charge in [0.25, 0.3) is 0 Å². The fraction of sp³-hybridized carbons (Fsp3) is 0.462. The lowest BCUT2D eigenvalue weighted by Crippen LogP contribution is -2.38. The van der Waals surface area contributed by atoms with Crippen molar-refractivity contribution in [3.8, 4) is 0 Å². The van der Waals surface area contributed by atoms with Gasteiger partial charge in [-0.1, -0.05) is 11.6 Å². The molecular formula is C13H17ClFNO4S. The van der Waals surface area contributed by atoms with Crippen LogP contribution in [0.1, 0.15) is 13.3 Å². The summed E-state index contributed by atoms with van der Waals surface area (Å²) in [6.45, 7) is 2.06. The molecule has 0 saturated carbocycles. The Hall–Kier alpha value is -1.18. The fourth-order valence-electron chi connectivity index (χ4n) is 1.57. The topological polar surface area (TPSA) is 72.5 Å². The second-order valence-electron chi connectivity index (χ2n) is 4.40. The van der Waals surface area contributed by atoms with Gasteiger partial charge >= 0.3 is 0 Å². The molecule has 0 heterocycles. The maximum atomic E-state index is 13.1. The smallest absolute Gasteiger partial charge is 0.238 e. The number of amides is 1. The normalized spacial score (nSPS) is 13.0. The molecule has 1 amide bonds. The van der Waals surface area contributed by atoms with Gasteiger partial charge in [0.15, 0.2) is 9.84 Å². The minimum absolute atomic E-state index is 0.187. The van der Waals surface area contributed by atoms with Crippen LogP contribution < -0.4 is 5.32 Å². The summed E-state index contributed by atoms with van der Waals surface area (Å²) in [6, 6.07) is 3.05. The summed E-state index contributed by atoms with van der Waals surface area (Å²) in [7, 11) is -2.38. The molecule has 0 radical (unpaired) electrons. The standard InChI is InChI=1S/C13H17ClFNO4S/c1-9(13(17)16-6-3-7-20-2)21(18,19)10-4-5-12(15)11(14)8-10/h4-5,8-9H,3,6-7H2,1-2H3,(H,16,17). The summed E-state index contributed by atoms with van der Waals surface area (Å²) in [4.78, 5) is 11.7. The summed E-state index contributed by atoms with van der Waals surface area (Å²) in [6.07, 6.45) is 0.581. The van der Waals surface area contributed by atoms with Crippen LogP contribution in [0, 0.1) is 5.82 Å². The molecule has 0 aromatic heterocycles. The molecule has 5 nitrogen and oxygen atoms in total. The number of benzene rings is 1. The van der Waals surface area contributed by atoms with E-state index in [2.05, 4.69) is 5.32 Å². The third-order valence-corrected chi connectivity index (χ3v) is 5.22. The number of halogens is 2. The zero-order valence-electron chi connectivity index (χ0n) is 11.7. The first-order chi connectivity index (χ1) is 9.80. The molecule has 1 aromatic carbocycles. The first-order valence-electron chi connectivity index (χ1n) is 6.26. The third-order valence-electron chi connectivity index (χ3n) is 2.88. The molecule has 0 spiro atoms. The number of ether oxygens (including phenoxy) is 1. The van der Waals surface area contributed by atoms with E-state index in [1.165, 1.54) is 14.0 Å². The summed E-state index contributed by atoms with van der Waals surface area (Å²) in [5.74, 6) is -1.33. The first kappa shape index (κ1) is 17.9. The highest BCUT2D eigenvalue weighted by Gasteiger charge is 2.30. The third kappa shape index (κ3) is 4.66. The Morgan fingerprint density at radius 1 is 1.48 bits per heavy atom. The molecule has 0 aliphatic rings. The highest BCUT2D eigenvalue weighted by Crippen LogP contribution is 2.22. The lowest BCUT2D eigenvalue weighted by molar-refractivity contribution is -0.120. The zero-order chi connectivity index (χ0) is 16.0. The van der Waals surface area contributed by atoms with Crippen LogP contribution in [0.25, 0.3) is 0 Å². The lowest BCUT2D eigenvalue weighted by atomic mass is 10.3. The average Bonchev–Trinajstić information content (AvgIpc) is 2.45. The number of rotatable bonds is 7. The van der Waals surface area contributed by atoms with Crippen LogP contribution in [0.4, 0.5) is 4.39 Å². The first-order valence-corrected chi connectivity index (χ1v) is 8.18. The maximum Gasteiger partial charge on any atom is 0.238 e. The summed E-state index contributed by atoms with van der Waals surface area (Å²) < 4.78 is 42.4. The predicted octanol–water partition coefficient (Wildman–Crippen LogP) is 1.79. The van der Waals surface area contributed by atoms with Crippen LogP contribution in [-0.2, 0) is 19.4 Å². The summed E-state index contributed by atoms with van der Waals surface area (Å²) >= 11 is 5.57. The van der Waals surface area contributed by atoms with Crippen molar-refractivity contribution in [2.45, 2.75) is 23.5 Å².